The molecule has 0 saturated carbocycles. The molecule has 0 bridgehead atoms. The molecular weight excluding hydrogens is 301 g/mol. The summed E-state index contributed by atoms with van der Waals surface area (Å²) in [4.78, 5) is 11.4. The van der Waals surface area contributed by atoms with Crippen molar-refractivity contribution in [2.45, 2.75) is 13.0 Å². The largest absolute Gasteiger partial charge is 0.481 e. The Balaban J connectivity index is 2.72. The number of nitrogens with one attached hydrogen (secondary N) is 1. The van der Waals surface area contributed by atoms with Crippen LogP contribution in [-0.4, -0.2) is 26.7 Å². The van der Waals surface area contributed by atoms with Crippen LogP contribution < -0.4 is 9.46 Å². The zero-order valence-corrected chi connectivity index (χ0v) is 11.9. The van der Waals surface area contributed by atoms with Crippen LogP contribution in [0.4, 0.5) is 0 Å². The molecule has 0 saturated heterocycles. The van der Waals surface area contributed by atoms with Gasteiger partial charge < -0.3 is 4.74 Å². The van der Waals surface area contributed by atoms with Gasteiger partial charge in [-0.1, -0.05) is 23.2 Å². The van der Waals surface area contributed by atoms with Crippen LogP contribution in [0.3, 0.4) is 0 Å². The Bertz CT molecular complexity index is 559. The molecule has 0 spiro atoms. The predicted molar refractivity (Wildman–Crippen MR) is 69.5 cm³/mol. The summed E-state index contributed by atoms with van der Waals surface area (Å²) in [6.45, 7) is 1.42. The van der Waals surface area contributed by atoms with Gasteiger partial charge in [-0.2, -0.15) is 0 Å². The minimum atomic E-state index is -3.60. The fraction of sp³-hybridized carbons (Fsp3) is 0.300. The Kier molecular flexibility index (Phi) is 4.84. The maximum Gasteiger partial charge on any atom is 0.274 e. The SMILES string of the molecule is CC(Oc1ccc(Cl)c(Cl)c1)C(=O)NS(C)(=O)=O. The van der Waals surface area contributed by atoms with Gasteiger partial charge in [0, 0.05) is 6.07 Å². The van der Waals surface area contributed by atoms with E-state index in [1.54, 1.807) is 0 Å². The molecule has 1 aromatic rings. The first-order chi connectivity index (χ1) is 8.19. The predicted octanol–water partition coefficient (Wildman–Crippen LogP) is 1.84. The third kappa shape index (κ3) is 4.72. The summed E-state index contributed by atoms with van der Waals surface area (Å²) in [7, 11) is -3.60. The molecule has 8 heteroatoms. The third-order valence-electron chi connectivity index (χ3n) is 1.86. The van der Waals surface area contributed by atoms with Gasteiger partial charge in [0.15, 0.2) is 6.10 Å². The zero-order valence-electron chi connectivity index (χ0n) is 9.61. The number of amides is 1. The maximum atomic E-state index is 11.4. The lowest BCUT2D eigenvalue weighted by Gasteiger charge is -2.14. The van der Waals surface area contributed by atoms with Crippen LogP contribution in [0.1, 0.15) is 6.92 Å². The van der Waals surface area contributed by atoms with Gasteiger partial charge >= 0.3 is 0 Å². The molecule has 1 N–H and O–H groups in total. The summed E-state index contributed by atoms with van der Waals surface area (Å²) in [6, 6.07) is 4.48. The number of carbonyl (C=O) groups excluding carboxylic acids is 1. The van der Waals surface area contributed by atoms with Gasteiger partial charge in [0.05, 0.1) is 16.3 Å². The number of ether oxygens (including phenoxy) is 1. The van der Waals surface area contributed by atoms with Gasteiger partial charge in [-0.25, -0.2) is 8.42 Å². The number of rotatable bonds is 4. The number of carbonyl (C=O) groups is 1. The van der Waals surface area contributed by atoms with Crippen molar-refractivity contribution in [1.29, 1.82) is 0 Å². The fourth-order valence-electron chi connectivity index (χ4n) is 1.07. The van der Waals surface area contributed by atoms with Gasteiger partial charge in [-0.15, -0.1) is 0 Å². The minimum absolute atomic E-state index is 0.282. The number of halogens is 2. The van der Waals surface area contributed by atoms with Gasteiger partial charge in [-0.05, 0) is 19.1 Å². The van der Waals surface area contributed by atoms with Crippen LogP contribution in [0.15, 0.2) is 18.2 Å². The first-order valence-electron chi connectivity index (χ1n) is 4.82. The third-order valence-corrected chi connectivity index (χ3v) is 3.17. The molecule has 100 valence electrons. The molecule has 1 aromatic carbocycles. The fourth-order valence-corrected chi connectivity index (χ4v) is 1.89. The van der Waals surface area contributed by atoms with E-state index in [1.165, 1.54) is 25.1 Å². The zero-order chi connectivity index (χ0) is 13.9. The summed E-state index contributed by atoms with van der Waals surface area (Å²) in [5.41, 5.74) is 0. The quantitative estimate of drug-likeness (QED) is 0.921. The van der Waals surface area contributed by atoms with Crippen LogP contribution >= 0.6 is 23.2 Å². The first-order valence-corrected chi connectivity index (χ1v) is 7.47. The summed E-state index contributed by atoms with van der Waals surface area (Å²) >= 11 is 11.5. The number of hydrogen-bond acceptors (Lipinski definition) is 4. The topological polar surface area (TPSA) is 72.5 Å². The minimum Gasteiger partial charge on any atom is -0.481 e. The molecule has 0 heterocycles. The monoisotopic (exact) mass is 311 g/mol. The average molecular weight is 312 g/mol. The molecule has 0 aromatic heterocycles. The molecule has 18 heavy (non-hydrogen) atoms. The lowest BCUT2D eigenvalue weighted by atomic mass is 10.3. The molecule has 5 nitrogen and oxygen atoms in total. The highest BCUT2D eigenvalue weighted by molar-refractivity contribution is 7.89. The molecular formula is C10H11Cl2NO4S. The maximum absolute atomic E-state index is 11.4. The van der Waals surface area contributed by atoms with Crippen molar-refractivity contribution in [3.05, 3.63) is 28.2 Å². The molecule has 1 atom stereocenters. The highest BCUT2D eigenvalue weighted by Gasteiger charge is 2.18. The summed E-state index contributed by atoms with van der Waals surface area (Å²) < 4.78 is 28.8. The standard InChI is InChI=1S/C10H11Cl2NO4S/c1-6(10(14)13-18(2,15)16)17-7-3-4-8(11)9(12)5-7/h3-6H,1-2H3,(H,13,14). The van der Waals surface area contributed by atoms with Gasteiger partial charge in [-0.3, -0.25) is 9.52 Å². The Morgan fingerprint density at radius 3 is 2.44 bits per heavy atom. The normalized spacial score (nSPS) is 12.9. The van der Waals surface area contributed by atoms with Crippen molar-refractivity contribution in [3.63, 3.8) is 0 Å². The molecule has 0 aliphatic rings. The second-order valence-corrected chi connectivity index (χ2v) is 6.14. The smallest absolute Gasteiger partial charge is 0.274 e. The van der Waals surface area contributed by atoms with Crippen LogP contribution in [0.5, 0.6) is 5.75 Å². The van der Waals surface area contributed by atoms with Gasteiger partial charge in [0.1, 0.15) is 5.75 Å². The van der Waals surface area contributed by atoms with Crippen LogP contribution in [0, 0.1) is 0 Å². The lowest BCUT2D eigenvalue weighted by molar-refractivity contribution is -0.125. The molecule has 1 unspecified atom stereocenters. The van der Waals surface area contributed by atoms with Crippen molar-refractivity contribution < 1.29 is 17.9 Å². The molecule has 1 amide bonds. The van der Waals surface area contributed by atoms with Crippen LogP contribution in [0.2, 0.25) is 10.0 Å². The highest BCUT2D eigenvalue weighted by atomic mass is 35.5. The molecule has 0 fully saturated rings. The Morgan fingerprint density at radius 2 is 1.94 bits per heavy atom. The Hall–Kier alpha value is -0.980. The molecule has 1 rings (SSSR count). The van der Waals surface area contributed by atoms with Gasteiger partial charge in [0.25, 0.3) is 5.91 Å². The molecule has 0 aliphatic heterocycles. The Morgan fingerprint density at radius 1 is 1.33 bits per heavy atom. The number of hydrogen-bond donors (Lipinski definition) is 1. The van der Waals surface area contributed by atoms with Crippen molar-refractivity contribution in [3.8, 4) is 5.75 Å². The van der Waals surface area contributed by atoms with Crippen LogP contribution in [0.25, 0.3) is 0 Å². The van der Waals surface area contributed by atoms with E-state index in [2.05, 4.69) is 0 Å². The van der Waals surface area contributed by atoms with E-state index in [1.807, 2.05) is 4.72 Å². The molecule has 0 aliphatic carbocycles. The van der Waals surface area contributed by atoms with Gasteiger partial charge in [0.2, 0.25) is 10.0 Å². The van der Waals surface area contributed by atoms with E-state index < -0.39 is 22.0 Å². The first kappa shape index (κ1) is 15.1. The summed E-state index contributed by atoms with van der Waals surface area (Å²) in [6.07, 6.45) is -0.0893. The van der Waals surface area contributed by atoms with E-state index in [0.29, 0.717) is 10.8 Å². The van der Waals surface area contributed by atoms with Crippen molar-refractivity contribution in [2.75, 3.05) is 6.26 Å². The van der Waals surface area contributed by atoms with Crippen molar-refractivity contribution in [2.24, 2.45) is 0 Å². The van der Waals surface area contributed by atoms with Crippen molar-refractivity contribution >= 4 is 39.1 Å². The summed E-state index contributed by atoms with van der Waals surface area (Å²) in [5, 5.41) is 0.641. The lowest BCUT2D eigenvalue weighted by Crippen LogP contribution is -2.39. The summed E-state index contributed by atoms with van der Waals surface area (Å²) in [5.74, 6) is -0.441. The Labute approximate surface area is 115 Å². The molecule has 0 radical (unpaired) electrons. The highest BCUT2D eigenvalue weighted by Crippen LogP contribution is 2.26. The second kappa shape index (κ2) is 5.77. The van der Waals surface area contributed by atoms with E-state index in [9.17, 15) is 13.2 Å². The van der Waals surface area contributed by atoms with Crippen molar-refractivity contribution in [1.82, 2.24) is 4.72 Å². The van der Waals surface area contributed by atoms with E-state index in [4.69, 9.17) is 27.9 Å². The van der Waals surface area contributed by atoms with E-state index in [-0.39, 0.29) is 5.02 Å². The van der Waals surface area contributed by atoms with E-state index >= 15 is 0 Å². The second-order valence-electron chi connectivity index (χ2n) is 3.57. The number of benzene rings is 1. The number of sulfonamides is 1. The van der Waals surface area contributed by atoms with E-state index in [0.717, 1.165) is 6.26 Å². The average Bonchev–Trinajstić information content (AvgIpc) is 2.21. The van der Waals surface area contributed by atoms with Crippen LogP contribution in [-0.2, 0) is 14.8 Å².